The molecule has 2 aromatic rings. The Kier molecular flexibility index (Phi) is 9.80. The Hall–Kier alpha value is -3.23. The molecule has 0 aromatic heterocycles. The predicted octanol–water partition coefficient (Wildman–Crippen LogP) is 4.13. The van der Waals surface area contributed by atoms with Gasteiger partial charge in [-0.3, -0.25) is 9.59 Å². The molecule has 2 bridgehead atoms. The van der Waals surface area contributed by atoms with Gasteiger partial charge in [0.05, 0.1) is 6.04 Å². The molecule has 4 N–H and O–H groups in total. The van der Waals surface area contributed by atoms with Gasteiger partial charge in [-0.15, -0.1) is 0 Å². The number of nitrogens with one attached hydrogen (secondary N) is 2. The number of nitrogens with two attached hydrogens (primary N) is 1. The molecule has 44 heavy (non-hydrogen) atoms. The van der Waals surface area contributed by atoms with Crippen molar-refractivity contribution in [1.82, 2.24) is 15.5 Å². The van der Waals surface area contributed by atoms with Crippen molar-refractivity contribution in [1.29, 1.82) is 0 Å². The summed E-state index contributed by atoms with van der Waals surface area (Å²) in [6, 6.07) is 13.8. The van der Waals surface area contributed by atoms with Crippen LogP contribution >= 0.6 is 0 Å². The molecule has 2 aromatic carbocycles. The van der Waals surface area contributed by atoms with Gasteiger partial charge in [-0.05, 0) is 85.9 Å². The first-order valence-corrected chi connectivity index (χ1v) is 16.5. The topological polar surface area (TPSA) is 114 Å². The molecule has 8 nitrogen and oxygen atoms in total. The van der Waals surface area contributed by atoms with E-state index >= 15 is 0 Å². The van der Waals surface area contributed by atoms with E-state index in [9.17, 15) is 14.4 Å². The zero-order valence-corrected chi connectivity index (χ0v) is 27.0. The van der Waals surface area contributed by atoms with Gasteiger partial charge >= 0.3 is 5.97 Å². The summed E-state index contributed by atoms with van der Waals surface area (Å²) < 4.78 is 6.07. The minimum Gasteiger partial charge on any atom is -0.425 e. The Morgan fingerprint density at radius 1 is 0.977 bits per heavy atom. The maximum atomic E-state index is 13.8. The monoisotopic (exact) mass is 602 g/mol. The van der Waals surface area contributed by atoms with E-state index < -0.39 is 30.0 Å². The van der Waals surface area contributed by atoms with Crippen LogP contribution in [0.2, 0.25) is 0 Å². The molecule has 0 radical (unpaired) electrons. The first-order valence-electron chi connectivity index (χ1n) is 16.5. The fourth-order valence-corrected chi connectivity index (χ4v) is 7.82. The number of hydrogen-bond acceptors (Lipinski definition) is 6. The van der Waals surface area contributed by atoms with E-state index in [2.05, 4.69) is 34.7 Å². The van der Waals surface area contributed by atoms with E-state index in [4.69, 9.17) is 10.5 Å². The molecule has 2 fully saturated rings. The maximum absolute atomic E-state index is 13.8. The third-order valence-electron chi connectivity index (χ3n) is 10.5. The number of carbonyl (C=O) groups excluding carboxylic acids is 3. The van der Waals surface area contributed by atoms with Crippen molar-refractivity contribution in [2.75, 3.05) is 13.6 Å². The van der Waals surface area contributed by atoms with E-state index in [1.807, 2.05) is 64.1 Å². The van der Waals surface area contributed by atoms with Crippen LogP contribution in [0.4, 0.5) is 0 Å². The molecule has 6 atom stereocenters. The lowest BCUT2D eigenvalue weighted by atomic mass is 9.52. The van der Waals surface area contributed by atoms with Gasteiger partial charge < -0.3 is 26.0 Å². The fraction of sp³-hybridized carbons (Fsp3) is 0.583. The van der Waals surface area contributed by atoms with Gasteiger partial charge in [0.25, 0.3) is 0 Å². The van der Waals surface area contributed by atoms with Crippen molar-refractivity contribution >= 4 is 17.8 Å². The number of likely N-dealkylation sites (tertiary alicyclic amines) is 1. The van der Waals surface area contributed by atoms with Gasteiger partial charge in [0.2, 0.25) is 11.8 Å². The Balaban J connectivity index is 1.38. The Morgan fingerprint density at radius 3 is 2.43 bits per heavy atom. The summed E-state index contributed by atoms with van der Waals surface area (Å²) in [4.78, 5) is 42.7. The number of esters is 1. The highest BCUT2D eigenvalue weighted by Gasteiger charge is 2.53. The van der Waals surface area contributed by atoms with Gasteiger partial charge in [-0.2, -0.15) is 0 Å². The lowest BCUT2D eigenvalue weighted by molar-refractivity contribution is -0.140. The number of rotatable bonds is 10. The Labute approximate surface area is 262 Å². The van der Waals surface area contributed by atoms with Crippen molar-refractivity contribution in [3.63, 3.8) is 0 Å². The molecular weight excluding hydrogens is 552 g/mol. The van der Waals surface area contributed by atoms with Gasteiger partial charge in [0.1, 0.15) is 17.8 Å². The average Bonchev–Trinajstić information content (AvgIpc) is 3.01. The highest BCUT2D eigenvalue weighted by Crippen LogP contribution is 2.56. The first-order chi connectivity index (χ1) is 21.0. The quantitative estimate of drug-likeness (QED) is 0.278. The summed E-state index contributed by atoms with van der Waals surface area (Å²) in [6.45, 7) is 8.52. The second kappa shape index (κ2) is 13.4. The molecule has 5 rings (SSSR count). The van der Waals surface area contributed by atoms with Crippen molar-refractivity contribution in [3.8, 4) is 5.75 Å². The minimum atomic E-state index is -0.939. The molecule has 3 aliphatic rings. The molecule has 0 spiro atoms. The maximum Gasteiger partial charge on any atom is 0.334 e. The van der Waals surface area contributed by atoms with Crippen LogP contribution in [-0.4, -0.2) is 60.4 Å². The van der Waals surface area contributed by atoms with Crippen LogP contribution < -0.4 is 21.1 Å². The summed E-state index contributed by atoms with van der Waals surface area (Å²) in [6.07, 6.45) is 7.37. The normalized spacial score (nSPS) is 24.9. The summed E-state index contributed by atoms with van der Waals surface area (Å²) in [7, 11) is 2.26. The highest BCUT2D eigenvalue weighted by atomic mass is 16.5. The highest BCUT2D eigenvalue weighted by molar-refractivity contribution is 5.92. The number of nitrogens with zero attached hydrogens (tertiary/aromatic N) is 1. The number of amides is 2. The van der Waals surface area contributed by atoms with Crippen LogP contribution in [0.3, 0.4) is 0 Å². The largest absolute Gasteiger partial charge is 0.425 e. The number of likely N-dealkylation sites (N-methyl/N-ethyl adjacent to an activating group) is 1. The Bertz CT molecular complexity index is 1340. The van der Waals surface area contributed by atoms with E-state index in [1.165, 1.54) is 36.8 Å². The van der Waals surface area contributed by atoms with Crippen molar-refractivity contribution in [3.05, 3.63) is 65.2 Å². The van der Waals surface area contributed by atoms with Crippen molar-refractivity contribution in [2.45, 2.75) is 102 Å². The van der Waals surface area contributed by atoms with Gasteiger partial charge in [-0.25, -0.2) is 4.79 Å². The second-order valence-corrected chi connectivity index (χ2v) is 14.0. The molecule has 1 saturated heterocycles. The van der Waals surface area contributed by atoms with E-state index in [-0.39, 0.29) is 29.6 Å². The standard InChI is InChI=1S/C36H50N4O4/c1-22(2)31(37)33(41)39-32(23(3)4)34(42)38-29(19-24-11-7-6-8-12-24)35(43)44-26-15-14-25-20-30-27-13-9-10-16-36(27,28(25)21-26)17-18-40(30)5/h6-8,11-12,14-15,21-23,27,29-32H,9-10,13,16-20,37H2,1-5H3,(H,38,42)(H,39,41)/t27-,29?,30+,31?,32?,36+/m0/s1. The number of ether oxygens (including phenoxy) is 1. The molecule has 2 aliphatic carbocycles. The van der Waals surface area contributed by atoms with Crippen molar-refractivity contribution in [2.24, 2.45) is 23.5 Å². The molecule has 1 saturated carbocycles. The SMILES string of the molecule is CC(C)C(N)C(=O)NC(C(=O)NC(Cc1ccccc1)C(=O)Oc1ccc2c(c1)[C@@]13CCCC[C@H]1[C@@H](C2)N(C)CC3)C(C)C. The summed E-state index contributed by atoms with van der Waals surface area (Å²) in [5, 5.41) is 5.72. The van der Waals surface area contributed by atoms with Crippen LogP contribution in [0.25, 0.3) is 0 Å². The van der Waals surface area contributed by atoms with Crippen LogP contribution in [0.5, 0.6) is 5.75 Å². The van der Waals surface area contributed by atoms with Crippen LogP contribution in [0, 0.1) is 17.8 Å². The number of carbonyl (C=O) groups is 3. The molecule has 8 heteroatoms. The first kappa shape index (κ1) is 32.2. The molecule has 2 amide bonds. The number of benzene rings is 2. The van der Waals surface area contributed by atoms with Crippen molar-refractivity contribution < 1.29 is 19.1 Å². The van der Waals surface area contributed by atoms with Gasteiger partial charge in [0, 0.05) is 17.9 Å². The summed E-state index contributed by atoms with van der Waals surface area (Å²) >= 11 is 0. The lowest BCUT2D eigenvalue weighted by Crippen LogP contribution is -2.59. The van der Waals surface area contributed by atoms with Crippen LogP contribution in [0.1, 0.15) is 76.5 Å². The van der Waals surface area contributed by atoms with Gasteiger partial charge in [-0.1, -0.05) is 76.9 Å². The van der Waals surface area contributed by atoms with Crippen LogP contribution in [-0.2, 0) is 32.6 Å². The second-order valence-electron chi connectivity index (χ2n) is 14.0. The molecule has 238 valence electrons. The molecule has 1 heterocycles. The summed E-state index contributed by atoms with van der Waals surface area (Å²) in [5.74, 6) is -0.486. The third-order valence-corrected chi connectivity index (χ3v) is 10.5. The minimum absolute atomic E-state index is 0.0767. The van der Waals surface area contributed by atoms with E-state index in [0.717, 1.165) is 24.9 Å². The third kappa shape index (κ3) is 6.57. The summed E-state index contributed by atoms with van der Waals surface area (Å²) in [5.41, 5.74) is 9.81. The fourth-order valence-electron chi connectivity index (χ4n) is 7.82. The molecule has 1 aliphatic heterocycles. The molecular formula is C36H50N4O4. The zero-order valence-electron chi connectivity index (χ0n) is 27.0. The van der Waals surface area contributed by atoms with E-state index in [0.29, 0.717) is 17.7 Å². The Morgan fingerprint density at radius 2 is 1.73 bits per heavy atom. The number of fused-ring (bicyclic) bond motifs is 1. The van der Waals surface area contributed by atoms with Gasteiger partial charge in [0.15, 0.2) is 0 Å². The molecule has 3 unspecified atom stereocenters. The van der Waals surface area contributed by atoms with Crippen LogP contribution in [0.15, 0.2) is 48.5 Å². The lowest BCUT2D eigenvalue weighted by Gasteiger charge is -2.58. The zero-order chi connectivity index (χ0) is 31.6. The predicted molar refractivity (Wildman–Crippen MR) is 172 cm³/mol. The number of piperidine rings is 1. The van der Waals surface area contributed by atoms with E-state index in [1.54, 1.807) is 0 Å². The number of hydrogen-bond donors (Lipinski definition) is 3. The average molecular weight is 603 g/mol. The smallest absolute Gasteiger partial charge is 0.334 e.